The molecule has 27 heavy (non-hydrogen) atoms. The number of hydrogen-bond acceptors (Lipinski definition) is 6. The van der Waals surface area contributed by atoms with Gasteiger partial charge >= 0.3 is 0 Å². The molecule has 0 spiro atoms. The highest BCUT2D eigenvalue weighted by Gasteiger charge is 2.43. The summed E-state index contributed by atoms with van der Waals surface area (Å²) in [7, 11) is 0. The van der Waals surface area contributed by atoms with E-state index in [0.717, 1.165) is 0 Å². The molecule has 6 N–H and O–H groups in total. The standard InChI is InChI=1S/C21H16O6/c22-9-1-8-2-12-19-13(3-10(23)6-16(19)26)21(18(8)15(25)5-9)14-4-11(24)7-17(27)20(12)14/h1,3-7,12,21-27H,2H2. The third-order valence-electron chi connectivity index (χ3n) is 5.61. The number of aromatic hydroxyl groups is 6. The van der Waals surface area contributed by atoms with Crippen LogP contribution >= 0.6 is 0 Å². The predicted molar refractivity (Wildman–Crippen MR) is 95.8 cm³/mol. The highest BCUT2D eigenvalue weighted by Crippen LogP contribution is 2.59. The van der Waals surface area contributed by atoms with Crippen molar-refractivity contribution in [1.82, 2.24) is 0 Å². The van der Waals surface area contributed by atoms with Gasteiger partial charge < -0.3 is 30.6 Å². The second-order valence-electron chi connectivity index (χ2n) is 7.16. The maximum absolute atomic E-state index is 10.6. The summed E-state index contributed by atoms with van der Waals surface area (Å²) in [5.74, 6) is -1.74. The summed E-state index contributed by atoms with van der Waals surface area (Å²) >= 11 is 0. The van der Waals surface area contributed by atoms with E-state index in [1.54, 1.807) is 6.07 Å². The van der Waals surface area contributed by atoms with Crippen LogP contribution < -0.4 is 0 Å². The van der Waals surface area contributed by atoms with Crippen LogP contribution in [-0.4, -0.2) is 30.6 Å². The Morgan fingerprint density at radius 1 is 0.556 bits per heavy atom. The van der Waals surface area contributed by atoms with Crippen LogP contribution in [-0.2, 0) is 6.42 Å². The van der Waals surface area contributed by atoms with Crippen molar-refractivity contribution in [3.63, 3.8) is 0 Å². The van der Waals surface area contributed by atoms with Gasteiger partial charge in [-0.3, -0.25) is 0 Å². The lowest BCUT2D eigenvalue weighted by Gasteiger charge is -2.32. The Balaban J connectivity index is 1.96. The van der Waals surface area contributed by atoms with Crippen LogP contribution in [0.1, 0.15) is 45.2 Å². The van der Waals surface area contributed by atoms with E-state index in [1.807, 2.05) is 0 Å². The quantitative estimate of drug-likeness (QED) is 0.365. The third kappa shape index (κ3) is 2.01. The van der Waals surface area contributed by atoms with Crippen molar-refractivity contribution in [3.05, 3.63) is 69.8 Å². The first-order valence-electron chi connectivity index (χ1n) is 8.51. The first kappa shape index (κ1) is 15.7. The molecule has 6 nitrogen and oxygen atoms in total. The first-order valence-corrected chi connectivity index (χ1v) is 8.51. The molecule has 0 amide bonds. The summed E-state index contributed by atoms with van der Waals surface area (Å²) in [6.07, 6.45) is 0.324. The minimum atomic E-state index is -0.625. The molecule has 0 unspecified atom stereocenters. The van der Waals surface area contributed by atoms with Crippen LogP contribution in [0.2, 0.25) is 0 Å². The van der Waals surface area contributed by atoms with Gasteiger partial charge in [0.15, 0.2) is 0 Å². The van der Waals surface area contributed by atoms with Crippen molar-refractivity contribution in [2.45, 2.75) is 18.3 Å². The molecule has 0 atom stereocenters. The van der Waals surface area contributed by atoms with Crippen molar-refractivity contribution in [1.29, 1.82) is 0 Å². The summed E-state index contributed by atoms with van der Waals surface area (Å²) in [5, 5.41) is 61.8. The van der Waals surface area contributed by atoms with Crippen LogP contribution in [0.3, 0.4) is 0 Å². The van der Waals surface area contributed by atoms with E-state index in [0.29, 0.717) is 39.8 Å². The Kier molecular flexibility index (Phi) is 2.91. The first-order chi connectivity index (χ1) is 12.8. The van der Waals surface area contributed by atoms with E-state index in [2.05, 4.69) is 0 Å². The SMILES string of the molecule is Oc1cc(O)c2c(c1)CC1c3c(O)cc(O)cc3C2c2cc(O)cc(O)c21. The topological polar surface area (TPSA) is 121 Å². The summed E-state index contributed by atoms with van der Waals surface area (Å²) in [5.41, 5.74) is 3.49. The van der Waals surface area contributed by atoms with Gasteiger partial charge in [-0.1, -0.05) is 0 Å². The van der Waals surface area contributed by atoms with Crippen LogP contribution in [0.4, 0.5) is 0 Å². The molecule has 0 aliphatic heterocycles. The van der Waals surface area contributed by atoms with Crippen LogP contribution in [0.5, 0.6) is 34.5 Å². The average molecular weight is 364 g/mol. The van der Waals surface area contributed by atoms with Gasteiger partial charge in [0.05, 0.1) is 0 Å². The van der Waals surface area contributed by atoms with Crippen LogP contribution in [0, 0.1) is 0 Å². The molecule has 0 aromatic heterocycles. The molecule has 2 bridgehead atoms. The number of benzene rings is 3. The fraction of sp³-hybridized carbons (Fsp3) is 0.143. The highest BCUT2D eigenvalue weighted by atomic mass is 16.3. The lowest BCUT2D eigenvalue weighted by molar-refractivity contribution is 0.430. The largest absolute Gasteiger partial charge is 0.508 e. The predicted octanol–water partition coefficient (Wildman–Crippen LogP) is 3.10. The Hall–Kier alpha value is -3.54. The van der Waals surface area contributed by atoms with E-state index in [-0.39, 0.29) is 34.5 Å². The molecule has 6 heteroatoms. The van der Waals surface area contributed by atoms with Gasteiger partial charge in [-0.25, -0.2) is 0 Å². The molecule has 6 rings (SSSR count). The summed E-state index contributed by atoms with van der Waals surface area (Å²) in [6, 6.07) is 8.34. The molecule has 3 aromatic rings. The molecule has 0 radical (unpaired) electrons. The van der Waals surface area contributed by atoms with E-state index in [4.69, 9.17) is 0 Å². The fourth-order valence-electron chi connectivity index (χ4n) is 4.76. The van der Waals surface area contributed by atoms with E-state index in [1.165, 1.54) is 30.3 Å². The second kappa shape index (κ2) is 5.01. The maximum Gasteiger partial charge on any atom is 0.123 e. The lowest BCUT2D eigenvalue weighted by Crippen LogP contribution is -2.17. The number of phenols is 6. The van der Waals surface area contributed by atoms with Crippen molar-refractivity contribution < 1.29 is 30.6 Å². The van der Waals surface area contributed by atoms with Crippen molar-refractivity contribution in [2.75, 3.05) is 0 Å². The number of hydrogen-bond donors (Lipinski definition) is 6. The Morgan fingerprint density at radius 2 is 1.00 bits per heavy atom. The van der Waals surface area contributed by atoms with Gasteiger partial charge in [0.2, 0.25) is 0 Å². The Labute approximate surface area is 153 Å². The molecule has 0 saturated heterocycles. The van der Waals surface area contributed by atoms with Gasteiger partial charge in [-0.05, 0) is 41.3 Å². The monoisotopic (exact) mass is 364 g/mol. The second-order valence-corrected chi connectivity index (χ2v) is 7.16. The minimum absolute atomic E-state index is 0.0835. The van der Waals surface area contributed by atoms with Crippen molar-refractivity contribution in [3.8, 4) is 34.5 Å². The zero-order valence-electron chi connectivity index (χ0n) is 14.0. The molecule has 3 aliphatic rings. The van der Waals surface area contributed by atoms with E-state index in [9.17, 15) is 30.6 Å². The van der Waals surface area contributed by atoms with Gasteiger partial charge in [0.25, 0.3) is 0 Å². The summed E-state index contributed by atoms with van der Waals surface area (Å²) < 4.78 is 0. The van der Waals surface area contributed by atoms with E-state index >= 15 is 0 Å². The fourth-order valence-corrected chi connectivity index (χ4v) is 4.76. The summed E-state index contributed by atoms with van der Waals surface area (Å²) in [4.78, 5) is 0. The molecule has 0 saturated carbocycles. The maximum atomic E-state index is 10.6. The van der Waals surface area contributed by atoms with Gasteiger partial charge in [0, 0.05) is 46.7 Å². The molecule has 0 fully saturated rings. The normalized spacial score (nSPS) is 19.1. The molecular weight excluding hydrogens is 348 g/mol. The van der Waals surface area contributed by atoms with Crippen molar-refractivity contribution >= 4 is 0 Å². The number of rotatable bonds is 0. The average Bonchev–Trinajstić information content (AvgIpc) is 2.77. The molecule has 0 heterocycles. The van der Waals surface area contributed by atoms with Gasteiger partial charge in [-0.15, -0.1) is 0 Å². The molecule has 136 valence electrons. The van der Waals surface area contributed by atoms with Gasteiger partial charge in [-0.2, -0.15) is 0 Å². The number of phenolic OH excluding ortho intramolecular Hbond substituents is 6. The van der Waals surface area contributed by atoms with Crippen LogP contribution in [0.25, 0.3) is 0 Å². The highest BCUT2D eigenvalue weighted by molar-refractivity contribution is 5.71. The third-order valence-corrected chi connectivity index (χ3v) is 5.61. The molecule has 3 aromatic carbocycles. The Morgan fingerprint density at radius 3 is 1.52 bits per heavy atom. The minimum Gasteiger partial charge on any atom is -0.508 e. The smallest absolute Gasteiger partial charge is 0.123 e. The zero-order valence-corrected chi connectivity index (χ0v) is 14.0. The van der Waals surface area contributed by atoms with Crippen molar-refractivity contribution in [2.24, 2.45) is 0 Å². The van der Waals surface area contributed by atoms with Crippen LogP contribution in [0.15, 0.2) is 36.4 Å². The molecule has 3 aliphatic carbocycles. The zero-order chi connectivity index (χ0) is 19.0. The Bertz CT molecular complexity index is 1070. The van der Waals surface area contributed by atoms with Gasteiger partial charge in [0.1, 0.15) is 34.5 Å². The summed E-state index contributed by atoms with van der Waals surface area (Å²) in [6.45, 7) is 0. The molecular formula is C21H16O6. The van der Waals surface area contributed by atoms with E-state index < -0.39 is 11.8 Å². The lowest BCUT2D eigenvalue weighted by atomic mass is 9.71.